The molecule has 24 heavy (non-hydrogen) atoms. The van der Waals surface area contributed by atoms with Crippen LogP contribution in [0.25, 0.3) is 0 Å². The second-order valence-corrected chi connectivity index (χ2v) is 5.67. The van der Waals surface area contributed by atoms with Crippen molar-refractivity contribution in [3.63, 3.8) is 0 Å². The van der Waals surface area contributed by atoms with Crippen LogP contribution >= 0.6 is 0 Å². The Balaban J connectivity index is 1.86. The van der Waals surface area contributed by atoms with Crippen molar-refractivity contribution in [1.29, 1.82) is 0 Å². The quantitative estimate of drug-likeness (QED) is 0.727. The van der Waals surface area contributed by atoms with Crippen LogP contribution in [0.15, 0.2) is 54.6 Å². The smallest absolute Gasteiger partial charge is 0.239 e. The average molecular weight is 326 g/mol. The maximum Gasteiger partial charge on any atom is 0.239 e. The van der Waals surface area contributed by atoms with Gasteiger partial charge in [-0.15, -0.1) is 0 Å². The van der Waals surface area contributed by atoms with Gasteiger partial charge in [0.05, 0.1) is 19.2 Å². The number of hydrogen-bond donors (Lipinski definition) is 2. The maximum atomic E-state index is 12.2. The number of anilines is 1. The highest BCUT2D eigenvalue weighted by molar-refractivity contribution is 5.81. The molecular weight excluding hydrogens is 300 g/mol. The lowest BCUT2D eigenvalue weighted by Crippen LogP contribution is -2.33. The van der Waals surface area contributed by atoms with Gasteiger partial charge >= 0.3 is 0 Å². The third kappa shape index (κ3) is 5.61. The van der Waals surface area contributed by atoms with Crippen molar-refractivity contribution in [2.24, 2.45) is 0 Å². The van der Waals surface area contributed by atoms with E-state index in [0.29, 0.717) is 6.61 Å². The van der Waals surface area contributed by atoms with Crippen LogP contribution in [0.5, 0.6) is 5.75 Å². The second kappa shape index (κ2) is 9.60. The van der Waals surface area contributed by atoms with Crippen molar-refractivity contribution in [2.75, 3.05) is 18.5 Å². The number of carbonyl (C=O) groups is 1. The fraction of sp³-hybridized carbons (Fsp3) is 0.350. The molecule has 128 valence electrons. The molecule has 2 rings (SSSR count). The molecule has 2 aromatic rings. The number of rotatable bonds is 9. The van der Waals surface area contributed by atoms with Gasteiger partial charge < -0.3 is 15.4 Å². The van der Waals surface area contributed by atoms with Crippen LogP contribution in [-0.4, -0.2) is 19.1 Å². The molecule has 0 aromatic heterocycles. The summed E-state index contributed by atoms with van der Waals surface area (Å²) in [6.45, 7) is 5.07. The predicted molar refractivity (Wildman–Crippen MR) is 98.3 cm³/mol. The monoisotopic (exact) mass is 326 g/mol. The first-order valence-corrected chi connectivity index (χ1v) is 8.54. The molecule has 2 N–H and O–H groups in total. The Hall–Kier alpha value is -2.49. The first-order chi connectivity index (χ1) is 11.7. The van der Waals surface area contributed by atoms with E-state index in [0.717, 1.165) is 29.8 Å². The van der Waals surface area contributed by atoms with Crippen molar-refractivity contribution >= 4 is 11.6 Å². The molecule has 0 aliphatic carbocycles. The lowest BCUT2D eigenvalue weighted by atomic mass is 10.0. The number of nitrogens with one attached hydrogen (secondary N) is 2. The Labute approximate surface area is 144 Å². The van der Waals surface area contributed by atoms with Crippen molar-refractivity contribution < 1.29 is 9.53 Å². The normalized spacial score (nSPS) is 11.6. The van der Waals surface area contributed by atoms with Crippen LogP contribution in [0.2, 0.25) is 0 Å². The molecule has 1 amide bonds. The van der Waals surface area contributed by atoms with E-state index >= 15 is 0 Å². The molecule has 4 nitrogen and oxygen atoms in total. The molecule has 0 spiro atoms. The molecule has 0 heterocycles. The van der Waals surface area contributed by atoms with Gasteiger partial charge in [-0.3, -0.25) is 4.79 Å². The molecule has 0 aliphatic rings. The highest BCUT2D eigenvalue weighted by atomic mass is 16.5. The molecule has 1 atom stereocenters. The van der Waals surface area contributed by atoms with Gasteiger partial charge in [0.2, 0.25) is 5.91 Å². The maximum absolute atomic E-state index is 12.2. The minimum Gasteiger partial charge on any atom is -0.494 e. The Kier molecular flexibility index (Phi) is 7.15. The molecule has 1 unspecified atom stereocenters. The summed E-state index contributed by atoms with van der Waals surface area (Å²) in [5, 5.41) is 6.22. The lowest BCUT2D eigenvalue weighted by Gasteiger charge is -2.18. The van der Waals surface area contributed by atoms with E-state index in [2.05, 4.69) is 24.5 Å². The van der Waals surface area contributed by atoms with E-state index in [9.17, 15) is 4.79 Å². The zero-order valence-corrected chi connectivity index (χ0v) is 14.4. The van der Waals surface area contributed by atoms with Gasteiger partial charge in [-0.1, -0.05) is 50.2 Å². The number of hydrogen-bond acceptors (Lipinski definition) is 3. The third-order valence-electron chi connectivity index (χ3n) is 3.71. The van der Waals surface area contributed by atoms with Crippen LogP contribution in [-0.2, 0) is 4.79 Å². The molecular formula is C20H26N2O2. The van der Waals surface area contributed by atoms with Gasteiger partial charge in [-0.2, -0.15) is 0 Å². The summed E-state index contributed by atoms with van der Waals surface area (Å²) < 4.78 is 5.60. The van der Waals surface area contributed by atoms with Crippen LogP contribution in [0.3, 0.4) is 0 Å². The van der Waals surface area contributed by atoms with E-state index in [-0.39, 0.29) is 18.5 Å². The Bertz CT molecular complexity index is 629. The van der Waals surface area contributed by atoms with E-state index in [1.165, 1.54) is 0 Å². The van der Waals surface area contributed by atoms with Crippen LogP contribution in [0.4, 0.5) is 5.69 Å². The Morgan fingerprint density at radius 1 is 1.08 bits per heavy atom. The van der Waals surface area contributed by atoms with Crippen molar-refractivity contribution in [2.45, 2.75) is 32.7 Å². The fourth-order valence-electron chi connectivity index (χ4n) is 2.45. The zero-order valence-electron chi connectivity index (χ0n) is 14.4. The molecule has 0 fully saturated rings. The first kappa shape index (κ1) is 17.9. The number of amides is 1. The number of ether oxygens (including phenoxy) is 1. The standard InChI is InChI=1S/C20H26N2O2/c1-3-13-24-18-12-8-11-17(14-18)21-15-20(23)22-19(4-2)16-9-6-5-7-10-16/h5-12,14,19,21H,3-4,13,15H2,1-2H3,(H,22,23). The van der Waals surface area contributed by atoms with Gasteiger partial charge in [-0.05, 0) is 30.5 Å². The molecule has 0 bridgehead atoms. The minimum atomic E-state index is -0.0226. The van der Waals surface area contributed by atoms with Crippen LogP contribution in [0.1, 0.15) is 38.3 Å². The van der Waals surface area contributed by atoms with Gasteiger partial charge in [0.1, 0.15) is 5.75 Å². The summed E-state index contributed by atoms with van der Waals surface area (Å²) in [5.41, 5.74) is 2.01. The molecule has 0 saturated carbocycles. The van der Waals surface area contributed by atoms with E-state index in [4.69, 9.17) is 4.74 Å². The third-order valence-corrected chi connectivity index (χ3v) is 3.71. The summed E-state index contributed by atoms with van der Waals surface area (Å²) in [5.74, 6) is 0.795. The predicted octanol–water partition coefficient (Wildman–Crippen LogP) is 4.15. The van der Waals surface area contributed by atoms with Gasteiger partial charge in [0, 0.05) is 11.8 Å². The van der Waals surface area contributed by atoms with Gasteiger partial charge in [-0.25, -0.2) is 0 Å². The summed E-state index contributed by atoms with van der Waals surface area (Å²) in [7, 11) is 0. The van der Waals surface area contributed by atoms with Crippen LogP contribution in [0, 0.1) is 0 Å². The van der Waals surface area contributed by atoms with Gasteiger partial charge in [0.15, 0.2) is 0 Å². The van der Waals surface area contributed by atoms with Crippen molar-refractivity contribution in [3.05, 3.63) is 60.2 Å². The Morgan fingerprint density at radius 2 is 1.88 bits per heavy atom. The SMILES string of the molecule is CCCOc1cccc(NCC(=O)NC(CC)c2ccccc2)c1. The molecule has 0 saturated heterocycles. The molecule has 0 aliphatic heterocycles. The number of carbonyl (C=O) groups excluding carboxylic acids is 1. The lowest BCUT2D eigenvalue weighted by molar-refractivity contribution is -0.120. The number of benzene rings is 2. The fourth-order valence-corrected chi connectivity index (χ4v) is 2.45. The highest BCUT2D eigenvalue weighted by Gasteiger charge is 2.12. The molecule has 2 aromatic carbocycles. The summed E-state index contributed by atoms with van der Waals surface area (Å²) in [4.78, 5) is 12.2. The molecule has 0 radical (unpaired) electrons. The summed E-state index contributed by atoms with van der Waals surface area (Å²) in [6, 6.07) is 17.8. The largest absolute Gasteiger partial charge is 0.494 e. The van der Waals surface area contributed by atoms with E-state index < -0.39 is 0 Å². The average Bonchev–Trinajstić information content (AvgIpc) is 2.64. The van der Waals surface area contributed by atoms with Crippen molar-refractivity contribution in [3.8, 4) is 5.75 Å². The van der Waals surface area contributed by atoms with E-state index in [1.807, 2.05) is 54.6 Å². The Morgan fingerprint density at radius 3 is 2.58 bits per heavy atom. The summed E-state index contributed by atoms with van der Waals surface area (Å²) in [6.07, 6.45) is 1.83. The topological polar surface area (TPSA) is 50.4 Å². The zero-order chi connectivity index (χ0) is 17.2. The highest BCUT2D eigenvalue weighted by Crippen LogP contribution is 2.18. The van der Waals surface area contributed by atoms with Crippen molar-refractivity contribution in [1.82, 2.24) is 5.32 Å². The summed E-state index contributed by atoms with van der Waals surface area (Å²) >= 11 is 0. The van der Waals surface area contributed by atoms with Gasteiger partial charge in [0.25, 0.3) is 0 Å². The second-order valence-electron chi connectivity index (χ2n) is 5.67. The first-order valence-electron chi connectivity index (χ1n) is 8.54. The minimum absolute atomic E-state index is 0.0226. The van der Waals surface area contributed by atoms with Crippen LogP contribution < -0.4 is 15.4 Å². The van der Waals surface area contributed by atoms with E-state index in [1.54, 1.807) is 0 Å². The molecule has 4 heteroatoms.